The number of rotatable bonds is 5. The molecule has 0 saturated carbocycles. The van der Waals surface area contributed by atoms with Crippen LogP contribution in [0.2, 0.25) is 0 Å². The van der Waals surface area contributed by atoms with Gasteiger partial charge in [0.1, 0.15) is 17.2 Å². The summed E-state index contributed by atoms with van der Waals surface area (Å²) in [5.41, 5.74) is 4.96. The first-order valence-electron chi connectivity index (χ1n) is 7.10. The van der Waals surface area contributed by atoms with E-state index in [2.05, 4.69) is 29.5 Å². The molecule has 21 heavy (non-hydrogen) atoms. The lowest BCUT2D eigenvalue weighted by Crippen LogP contribution is -2.28. The number of nitrogens with one attached hydrogen (secondary N) is 1. The zero-order valence-electron chi connectivity index (χ0n) is 12.3. The van der Waals surface area contributed by atoms with Gasteiger partial charge in [0.25, 0.3) is 0 Å². The van der Waals surface area contributed by atoms with Crippen molar-refractivity contribution in [3.63, 3.8) is 0 Å². The van der Waals surface area contributed by atoms with Gasteiger partial charge >= 0.3 is 0 Å². The fourth-order valence-corrected chi connectivity index (χ4v) is 2.57. The third kappa shape index (κ3) is 2.84. The Labute approximate surface area is 123 Å². The second kappa shape index (κ2) is 5.71. The largest absolute Gasteiger partial charge is 0.459 e. The van der Waals surface area contributed by atoms with Crippen LogP contribution in [0.1, 0.15) is 29.6 Å². The van der Waals surface area contributed by atoms with Crippen LogP contribution in [0.3, 0.4) is 0 Å². The Balaban J connectivity index is 1.79. The van der Waals surface area contributed by atoms with Crippen molar-refractivity contribution in [1.29, 1.82) is 0 Å². The minimum absolute atomic E-state index is 0.0191. The molecule has 1 atom stereocenters. The van der Waals surface area contributed by atoms with E-state index in [0.717, 1.165) is 35.4 Å². The second-order valence-corrected chi connectivity index (χ2v) is 5.40. The molecule has 1 unspecified atom stereocenters. The van der Waals surface area contributed by atoms with E-state index in [1.165, 1.54) is 5.56 Å². The monoisotopic (exact) mass is 284 g/mol. The van der Waals surface area contributed by atoms with Gasteiger partial charge in [-0.2, -0.15) is 0 Å². The van der Waals surface area contributed by atoms with Gasteiger partial charge in [-0.3, -0.25) is 5.84 Å². The molecule has 2 heterocycles. The number of hydrogen-bond donors (Lipinski definition) is 2. The maximum absolute atomic E-state index is 5.91. The van der Waals surface area contributed by atoms with E-state index < -0.39 is 0 Å². The summed E-state index contributed by atoms with van der Waals surface area (Å²) < 4.78 is 7.93. The van der Waals surface area contributed by atoms with Crippen LogP contribution in [-0.4, -0.2) is 9.55 Å². The number of aryl methyl sites for hydroxylation is 3. The summed E-state index contributed by atoms with van der Waals surface area (Å²) in [7, 11) is 2.00. The average molecular weight is 284 g/mol. The highest BCUT2D eigenvalue weighted by Crippen LogP contribution is 2.26. The minimum Gasteiger partial charge on any atom is -0.459 e. The van der Waals surface area contributed by atoms with E-state index in [0.29, 0.717) is 0 Å². The number of hydrazine groups is 1. The van der Waals surface area contributed by atoms with Gasteiger partial charge in [0.05, 0.1) is 6.04 Å². The number of benzene rings is 1. The zero-order chi connectivity index (χ0) is 14.8. The van der Waals surface area contributed by atoms with Gasteiger partial charge in [0.15, 0.2) is 0 Å². The lowest BCUT2D eigenvalue weighted by atomic mass is 10.1. The molecular weight excluding hydrogens is 264 g/mol. The van der Waals surface area contributed by atoms with Crippen molar-refractivity contribution in [2.45, 2.75) is 25.8 Å². The van der Waals surface area contributed by atoms with Gasteiger partial charge in [-0.25, -0.2) is 10.4 Å². The first-order valence-corrected chi connectivity index (χ1v) is 7.10. The van der Waals surface area contributed by atoms with Gasteiger partial charge in [-0.1, -0.05) is 11.6 Å². The van der Waals surface area contributed by atoms with E-state index in [4.69, 9.17) is 10.3 Å². The first-order chi connectivity index (χ1) is 10.2. The molecular formula is C16H20N4O. The molecule has 0 aliphatic carbocycles. The van der Waals surface area contributed by atoms with Gasteiger partial charge < -0.3 is 8.98 Å². The molecule has 0 saturated heterocycles. The fourth-order valence-electron chi connectivity index (χ4n) is 2.57. The Bertz CT molecular complexity index is 744. The second-order valence-electron chi connectivity index (χ2n) is 5.40. The van der Waals surface area contributed by atoms with E-state index in [-0.39, 0.29) is 6.04 Å². The van der Waals surface area contributed by atoms with Crippen LogP contribution in [0, 0.1) is 6.92 Å². The molecule has 3 aromatic rings. The Morgan fingerprint density at radius 1 is 1.38 bits per heavy atom. The highest BCUT2D eigenvalue weighted by atomic mass is 16.3. The number of hydrogen-bond acceptors (Lipinski definition) is 4. The van der Waals surface area contributed by atoms with Gasteiger partial charge in [0.2, 0.25) is 0 Å². The van der Waals surface area contributed by atoms with E-state index >= 15 is 0 Å². The minimum atomic E-state index is -0.0191. The molecule has 3 N–H and O–H groups in total. The number of nitrogens with two attached hydrogens (primary N) is 1. The molecule has 0 amide bonds. The van der Waals surface area contributed by atoms with E-state index in [1.807, 2.05) is 36.1 Å². The Hall–Kier alpha value is -2.11. The SMILES string of the molecule is Cc1ccc2oc(C(CCc3nccn3C)NN)cc2c1. The third-order valence-corrected chi connectivity index (χ3v) is 3.81. The van der Waals surface area contributed by atoms with Crippen molar-refractivity contribution in [3.05, 3.63) is 53.8 Å². The van der Waals surface area contributed by atoms with Crippen molar-refractivity contribution in [2.75, 3.05) is 0 Å². The van der Waals surface area contributed by atoms with Crippen molar-refractivity contribution in [3.8, 4) is 0 Å². The summed E-state index contributed by atoms with van der Waals surface area (Å²) in [6, 6.07) is 8.21. The highest BCUT2D eigenvalue weighted by Gasteiger charge is 2.16. The van der Waals surface area contributed by atoms with E-state index in [9.17, 15) is 0 Å². The summed E-state index contributed by atoms with van der Waals surface area (Å²) in [5, 5.41) is 1.11. The summed E-state index contributed by atoms with van der Waals surface area (Å²) >= 11 is 0. The van der Waals surface area contributed by atoms with Crippen molar-refractivity contribution in [2.24, 2.45) is 12.9 Å². The smallest absolute Gasteiger partial charge is 0.134 e. The van der Waals surface area contributed by atoms with Crippen LogP contribution in [0.5, 0.6) is 0 Å². The van der Waals surface area contributed by atoms with Gasteiger partial charge in [0, 0.05) is 31.2 Å². The summed E-state index contributed by atoms with van der Waals surface area (Å²) in [4.78, 5) is 4.33. The summed E-state index contributed by atoms with van der Waals surface area (Å²) in [6.45, 7) is 2.08. The number of furan rings is 1. The van der Waals surface area contributed by atoms with Crippen LogP contribution in [0.4, 0.5) is 0 Å². The van der Waals surface area contributed by atoms with Crippen LogP contribution >= 0.6 is 0 Å². The molecule has 5 nitrogen and oxygen atoms in total. The highest BCUT2D eigenvalue weighted by molar-refractivity contribution is 5.78. The van der Waals surface area contributed by atoms with Crippen molar-refractivity contribution >= 4 is 11.0 Å². The van der Waals surface area contributed by atoms with Crippen LogP contribution < -0.4 is 11.3 Å². The number of aromatic nitrogens is 2. The molecule has 1 aromatic carbocycles. The number of fused-ring (bicyclic) bond motifs is 1. The molecule has 0 aliphatic rings. The Morgan fingerprint density at radius 3 is 2.95 bits per heavy atom. The topological polar surface area (TPSA) is 69.0 Å². The van der Waals surface area contributed by atoms with Crippen LogP contribution in [-0.2, 0) is 13.5 Å². The fraction of sp³-hybridized carbons (Fsp3) is 0.312. The Morgan fingerprint density at radius 2 is 2.24 bits per heavy atom. The molecule has 3 rings (SSSR count). The Kier molecular flexibility index (Phi) is 3.77. The van der Waals surface area contributed by atoms with Crippen LogP contribution in [0.15, 0.2) is 41.1 Å². The zero-order valence-corrected chi connectivity index (χ0v) is 12.3. The lowest BCUT2D eigenvalue weighted by Gasteiger charge is -2.12. The summed E-state index contributed by atoms with van der Waals surface area (Å²) in [5.74, 6) is 7.61. The molecule has 2 aromatic heterocycles. The molecule has 0 fully saturated rings. The van der Waals surface area contributed by atoms with Gasteiger partial charge in [-0.05, 0) is 31.5 Å². The first kappa shape index (κ1) is 13.9. The molecule has 0 radical (unpaired) electrons. The lowest BCUT2D eigenvalue weighted by molar-refractivity contribution is 0.413. The molecule has 0 bridgehead atoms. The molecule has 0 aliphatic heterocycles. The predicted octanol–water partition coefficient (Wildman–Crippen LogP) is 2.61. The average Bonchev–Trinajstić information content (AvgIpc) is 3.05. The predicted molar refractivity (Wildman–Crippen MR) is 82.5 cm³/mol. The molecule has 110 valence electrons. The number of imidazole rings is 1. The normalized spacial score (nSPS) is 12.9. The van der Waals surface area contributed by atoms with Crippen molar-refractivity contribution in [1.82, 2.24) is 15.0 Å². The maximum atomic E-state index is 5.91. The quantitative estimate of drug-likeness (QED) is 0.558. The third-order valence-electron chi connectivity index (χ3n) is 3.81. The standard InChI is InChI=1S/C16H20N4O/c1-11-3-5-14-12(9-11)10-15(21-14)13(19-17)4-6-16-18-7-8-20(16)2/h3,5,7-10,13,19H,4,6,17H2,1-2H3. The van der Waals surface area contributed by atoms with Gasteiger partial charge in [-0.15, -0.1) is 0 Å². The summed E-state index contributed by atoms with van der Waals surface area (Å²) in [6.07, 6.45) is 5.43. The number of nitrogens with zero attached hydrogens (tertiary/aromatic N) is 2. The molecule has 0 spiro atoms. The van der Waals surface area contributed by atoms with Crippen LogP contribution in [0.25, 0.3) is 11.0 Å². The van der Waals surface area contributed by atoms with E-state index in [1.54, 1.807) is 0 Å². The molecule has 5 heteroatoms. The maximum Gasteiger partial charge on any atom is 0.134 e. The van der Waals surface area contributed by atoms with Crippen molar-refractivity contribution < 1.29 is 4.42 Å².